The molecule has 0 radical (unpaired) electrons. The number of benzene rings is 1. The Morgan fingerprint density at radius 3 is 2.56 bits per heavy atom. The fourth-order valence-electron chi connectivity index (χ4n) is 1.79. The topological polar surface area (TPSA) is 70.6 Å². The van der Waals surface area contributed by atoms with Crippen LogP contribution in [0.15, 0.2) is 35.5 Å². The number of nitrogens with zero attached hydrogens (tertiary/aromatic N) is 1. The molecule has 4 nitrogen and oxygen atoms in total. The van der Waals surface area contributed by atoms with Crippen LogP contribution in [0.3, 0.4) is 0 Å². The number of nitrogens with two attached hydrogens (primary N) is 1. The first-order valence-electron chi connectivity index (χ1n) is 6.38. The minimum atomic E-state index is -0.0802. The smallest absolute Gasteiger partial charge is 0.147 e. The molecule has 0 aliphatic carbocycles. The molecule has 100 valence electrons. The van der Waals surface area contributed by atoms with Crippen molar-refractivity contribution < 1.29 is 5.21 Å². The van der Waals surface area contributed by atoms with Gasteiger partial charge >= 0.3 is 0 Å². The van der Waals surface area contributed by atoms with Gasteiger partial charge in [0.15, 0.2) is 0 Å². The Bertz CT molecular complexity index is 363. The van der Waals surface area contributed by atoms with Gasteiger partial charge in [0, 0.05) is 6.54 Å². The highest BCUT2D eigenvalue weighted by molar-refractivity contribution is 5.87. The maximum Gasteiger partial charge on any atom is 0.147 e. The van der Waals surface area contributed by atoms with Gasteiger partial charge in [-0.25, -0.2) is 0 Å². The summed E-state index contributed by atoms with van der Waals surface area (Å²) in [5.74, 6) is 0.846. The summed E-state index contributed by atoms with van der Waals surface area (Å²) in [6, 6.07) is 9.86. The van der Waals surface area contributed by atoms with E-state index in [0.717, 1.165) is 18.5 Å². The lowest BCUT2D eigenvalue weighted by Crippen LogP contribution is -2.32. The third kappa shape index (κ3) is 4.75. The Hall–Kier alpha value is -1.55. The van der Waals surface area contributed by atoms with Crippen LogP contribution in [0.5, 0.6) is 0 Å². The molecule has 4 heteroatoms. The van der Waals surface area contributed by atoms with E-state index in [4.69, 9.17) is 10.9 Å². The number of oxime groups is 1. The van der Waals surface area contributed by atoms with Gasteiger partial charge in [-0.3, -0.25) is 0 Å². The Labute approximate surface area is 109 Å². The maximum absolute atomic E-state index is 8.85. The zero-order chi connectivity index (χ0) is 13.4. The second kappa shape index (κ2) is 7.71. The van der Waals surface area contributed by atoms with Crippen LogP contribution < -0.4 is 11.1 Å². The molecule has 0 amide bonds. The number of rotatable bonds is 7. The predicted molar refractivity (Wildman–Crippen MR) is 74.9 cm³/mol. The molecular weight excluding hydrogens is 226 g/mol. The minimum absolute atomic E-state index is 0.0802. The van der Waals surface area contributed by atoms with Crippen molar-refractivity contribution in [1.82, 2.24) is 5.32 Å². The molecule has 1 atom stereocenters. The Morgan fingerprint density at radius 2 is 2.00 bits per heavy atom. The quantitative estimate of drug-likeness (QED) is 0.228. The van der Waals surface area contributed by atoms with Crippen LogP contribution in [0, 0.1) is 5.92 Å². The van der Waals surface area contributed by atoms with Gasteiger partial charge in [-0.2, -0.15) is 0 Å². The Morgan fingerprint density at radius 1 is 1.33 bits per heavy atom. The molecule has 1 unspecified atom stereocenters. The lowest BCUT2D eigenvalue weighted by Gasteiger charge is -2.17. The van der Waals surface area contributed by atoms with Crippen molar-refractivity contribution in [3.63, 3.8) is 0 Å². The normalized spacial score (nSPS) is 13.8. The largest absolute Gasteiger partial charge is 0.409 e. The van der Waals surface area contributed by atoms with Gasteiger partial charge in [-0.1, -0.05) is 49.3 Å². The fourth-order valence-corrected chi connectivity index (χ4v) is 1.79. The third-order valence-electron chi connectivity index (χ3n) is 2.92. The van der Waals surface area contributed by atoms with E-state index < -0.39 is 0 Å². The second-order valence-corrected chi connectivity index (χ2v) is 4.87. The summed E-state index contributed by atoms with van der Waals surface area (Å²) >= 11 is 0. The number of nitrogens with one attached hydrogen (secondary N) is 1. The van der Waals surface area contributed by atoms with Crippen LogP contribution in [0.2, 0.25) is 0 Å². The van der Waals surface area contributed by atoms with E-state index in [1.165, 1.54) is 0 Å². The Balaban J connectivity index is 2.58. The highest BCUT2D eigenvalue weighted by Crippen LogP contribution is 2.14. The number of hydrogen-bond donors (Lipinski definition) is 3. The molecule has 1 aromatic carbocycles. The van der Waals surface area contributed by atoms with Crippen LogP contribution >= 0.6 is 0 Å². The summed E-state index contributed by atoms with van der Waals surface area (Å²) in [5.41, 5.74) is 6.81. The average Bonchev–Trinajstić information content (AvgIpc) is 2.38. The van der Waals surface area contributed by atoms with E-state index >= 15 is 0 Å². The van der Waals surface area contributed by atoms with E-state index in [1.54, 1.807) is 0 Å². The van der Waals surface area contributed by atoms with E-state index in [9.17, 15) is 0 Å². The molecule has 18 heavy (non-hydrogen) atoms. The molecule has 0 spiro atoms. The van der Waals surface area contributed by atoms with E-state index in [-0.39, 0.29) is 11.8 Å². The zero-order valence-electron chi connectivity index (χ0n) is 11.1. The van der Waals surface area contributed by atoms with Crippen LogP contribution in [0.1, 0.15) is 31.7 Å². The van der Waals surface area contributed by atoms with Crippen molar-refractivity contribution in [1.29, 1.82) is 0 Å². The average molecular weight is 249 g/mol. The molecule has 0 saturated heterocycles. The molecule has 0 aliphatic heterocycles. The minimum Gasteiger partial charge on any atom is -0.409 e. The first-order valence-corrected chi connectivity index (χ1v) is 6.38. The monoisotopic (exact) mass is 249 g/mol. The van der Waals surface area contributed by atoms with Gasteiger partial charge in [-0.15, -0.1) is 0 Å². The Kier molecular flexibility index (Phi) is 6.22. The first kappa shape index (κ1) is 14.5. The van der Waals surface area contributed by atoms with E-state index in [0.29, 0.717) is 12.5 Å². The highest BCUT2D eigenvalue weighted by atomic mass is 16.4. The highest BCUT2D eigenvalue weighted by Gasteiger charge is 2.15. The molecule has 0 heterocycles. The summed E-state index contributed by atoms with van der Waals surface area (Å²) < 4.78 is 0. The summed E-state index contributed by atoms with van der Waals surface area (Å²) in [4.78, 5) is 0. The first-order chi connectivity index (χ1) is 8.65. The molecule has 0 aromatic heterocycles. The fraction of sp³-hybridized carbons (Fsp3) is 0.500. The van der Waals surface area contributed by atoms with Gasteiger partial charge in [-0.05, 0) is 24.4 Å². The molecule has 0 bridgehead atoms. The van der Waals surface area contributed by atoms with Gasteiger partial charge in [0.2, 0.25) is 0 Å². The van der Waals surface area contributed by atoms with Crippen LogP contribution in [-0.2, 0) is 0 Å². The molecule has 0 fully saturated rings. The van der Waals surface area contributed by atoms with Crippen LogP contribution in [0.25, 0.3) is 0 Å². The van der Waals surface area contributed by atoms with Crippen molar-refractivity contribution in [2.75, 3.05) is 13.1 Å². The van der Waals surface area contributed by atoms with E-state index in [1.807, 2.05) is 30.3 Å². The third-order valence-corrected chi connectivity index (χ3v) is 2.92. The summed E-state index contributed by atoms with van der Waals surface area (Å²) in [5, 5.41) is 15.3. The zero-order valence-corrected chi connectivity index (χ0v) is 11.1. The van der Waals surface area contributed by atoms with Crippen LogP contribution in [-0.4, -0.2) is 24.1 Å². The molecule has 4 N–H and O–H groups in total. The standard InChI is InChI=1S/C14H23N3O/c1-11(2)8-9-16-10-13(14(15)17-18)12-6-4-3-5-7-12/h3-7,11,13,16,18H,8-10H2,1-2H3,(H2,15,17). The maximum atomic E-state index is 8.85. The molecule has 0 aliphatic rings. The van der Waals surface area contributed by atoms with Gasteiger partial charge < -0.3 is 16.3 Å². The summed E-state index contributed by atoms with van der Waals surface area (Å²) in [6.45, 7) is 6.02. The molecule has 1 rings (SSSR count). The summed E-state index contributed by atoms with van der Waals surface area (Å²) in [7, 11) is 0. The SMILES string of the molecule is CC(C)CCNCC(C(N)=NO)c1ccccc1. The lowest BCUT2D eigenvalue weighted by atomic mass is 9.98. The number of hydrogen-bond acceptors (Lipinski definition) is 3. The van der Waals surface area contributed by atoms with Crippen molar-refractivity contribution in [2.24, 2.45) is 16.8 Å². The van der Waals surface area contributed by atoms with Gasteiger partial charge in [0.25, 0.3) is 0 Å². The van der Waals surface area contributed by atoms with Crippen molar-refractivity contribution in [2.45, 2.75) is 26.2 Å². The van der Waals surface area contributed by atoms with Gasteiger partial charge in [0.05, 0.1) is 5.92 Å². The lowest BCUT2D eigenvalue weighted by molar-refractivity contribution is 0.315. The second-order valence-electron chi connectivity index (χ2n) is 4.87. The summed E-state index contributed by atoms with van der Waals surface area (Å²) in [6.07, 6.45) is 1.12. The molecule has 0 saturated carbocycles. The molecule has 1 aromatic rings. The van der Waals surface area contributed by atoms with Crippen molar-refractivity contribution >= 4 is 5.84 Å². The van der Waals surface area contributed by atoms with Gasteiger partial charge in [0.1, 0.15) is 5.84 Å². The number of amidine groups is 1. The van der Waals surface area contributed by atoms with Crippen LogP contribution in [0.4, 0.5) is 0 Å². The van der Waals surface area contributed by atoms with Crippen molar-refractivity contribution in [3.8, 4) is 0 Å². The predicted octanol–water partition coefficient (Wildman–Crippen LogP) is 2.15. The molecular formula is C14H23N3O. The van der Waals surface area contributed by atoms with E-state index in [2.05, 4.69) is 24.3 Å². The van der Waals surface area contributed by atoms with Crippen molar-refractivity contribution in [3.05, 3.63) is 35.9 Å².